The number of carboxylic acid groups (broad SMARTS) is 1. The summed E-state index contributed by atoms with van der Waals surface area (Å²) in [5, 5.41) is 23.0. The number of nitrogens with one attached hydrogen (secondary N) is 3. The second-order valence-electron chi connectivity index (χ2n) is 13.6. The minimum Gasteiger partial charge on any atom is -0.481 e. The fraction of sp³-hybridized carbons (Fsp3) is 0.353. The van der Waals surface area contributed by atoms with E-state index in [1.165, 1.54) is 6.07 Å². The molecule has 0 radical (unpaired) electrons. The molecule has 61 heavy (non-hydrogen) atoms. The zero-order valence-electron chi connectivity index (χ0n) is 30.7. The van der Waals surface area contributed by atoms with Crippen LogP contribution in [0, 0.1) is 0 Å². The molecule has 3 amide bonds. The van der Waals surface area contributed by atoms with Gasteiger partial charge in [0, 0.05) is 47.0 Å². The number of amides is 3. The molecule has 4 rings (SSSR count). The van der Waals surface area contributed by atoms with Gasteiger partial charge >= 0.3 is 44.3 Å². The maximum atomic E-state index is 14.3. The smallest absolute Gasteiger partial charge is 0.442 e. The molecule has 1 aliphatic rings. The van der Waals surface area contributed by atoms with Crippen molar-refractivity contribution in [3.8, 4) is 0 Å². The normalized spacial score (nSPS) is 15.7. The maximum absolute atomic E-state index is 14.3. The first-order valence-corrected chi connectivity index (χ1v) is 21.2. The number of nitrogens with two attached hydrogens (primary N) is 1. The van der Waals surface area contributed by atoms with E-state index in [9.17, 15) is 64.1 Å². The Balaban J connectivity index is 1.62. The number of carboxylic acids is 1. The molecule has 0 aromatic heterocycles. The highest BCUT2D eigenvalue weighted by Crippen LogP contribution is 2.60. The van der Waals surface area contributed by atoms with Gasteiger partial charge in [0.15, 0.2) is 0 Å². The van der Waals surface area contributed by atoms with E-state index < -0.39 is 117 Å². The number of hydrogen-bond acceptors (Lipinski definition) is 9. The number of carbonyl (C=O) groups excluding carboxylic acids is 3. The number of carbonyl (C=O) groups is 4. The zero-order valence-corrected chi connectivity index (χ0v) is 34.1. The van der Waals surface area contributed by atoms with Gasteiger partial charge in [-0.15, -0.1) is 10.2 Å². The van der Waals surface area contributed by atoms with E-state index in [-0.39, 0.29) is 33.3 Å². The van der Waals surface area contributed by atoms with Crippen LogP contribution < -0.4 is 21.7 Å². The Kier molecular flexibility index (Phi) is 14.8. The number of hydrogen-bond donors (Lipinski definition) is 9. The largest absolute Gasteiger partial charge is 0.481 e. The lowest BCUT2D eigenvalue weighted by molar-refractivity contribution is -0.166. The molecule has 3 atom stereocenters. The SMILES string of the molecule is NC(=O)[C@H](Cc1ccc(C(F)(F)P(=O)(O)O)cc1)NC(=O)[C@H](Cc1ccc(C(F)(F)P(=O)(O)O)cc1)NC(=O)[C@H](CCC(=O)O)NCc1cc(Br)cc(C2(C(F)(F)F)N=N2)c1. The molecule has 0 fully saturated rings. The standard InChI is InChI=1S/C34H34BrF7N6O11P2/c35-23-12-19(11-22(15-23)31(47-48-31)34(40,41)42)16-44-24(9-10-27(49)50)29(52)46-26(14-18-3-7-21(8-4-18)33(38,39)61(57,58)59)30(53)45-25(28(43)51)13-17-1-5-20(6-2-17)32(36,37)60(54,55)56/h1-8,11-12,15,24-26,44H,9-10,13-14,16H2,(H2,43,51)(H,45,53)(H,46,52)(H,49,50)(H2,54,55,56)(H2,57,58,59)/t24-,25-,26-/m0/s1. The van der Waals surface area contributed by atoms with Crippen molar-refractivity contribution in [1.29, 1.82) is 0 Å². The molecular weight excluding hydrogens is 943 g/mol. The first-order valence-electron chi connectivity index (χ1n) is 17.2. The van der Waals surface area contributed by atoms with Crippen molar-refractivity contribution < 1.29 is 83.7 Å². The van der Waals surface area contributed by atoms with E-state index in [0.29, 0.717) is 24.3 Å². The zero-order chi connectivity index (χ0) is 45.9. The van der Waals surface area contributed by atoms with Gasteiger partial charge in [-0.25, -0.2) is 0 Å². The molecule has 0 aliphatic carbocycles. The number of rotatable bonds is 20. The number of aliphatic carboxylic acids is 1. The first kappa shape index (κ1) is 49.0. The fourth-order valence-corrected chi connectivity index (χ4v) is 7.21. The quantitative estimate of drug-likeness (QED) is 0.0565. The molecular formula is C34H34BrF7N6O11P2. The van der Waals surface area contributed by atoms with Gasteiger partial charge < -0.3 is 46.4 Å². The van der Waals surface area contributed by atoms with Crippen molar-refractivity contribution in [3.63, 3.8) is 0 Å². The molecule has 332 valence electrons. The number of benzene rings is 3. The Morgan fingerprint density at radius 1 is 0.705 bits per heavy atom. The predicted molar refractivity (Wildman–Crippen MR) is 199 cm³/mol. The van der Waals surface area contributed by atoms with Crippen LogP contribution in [0.25, 0.3) is 0 Å². The molecule has 0 saturated heterocycles. The molecule has 0 bridgehead atoms. The van der Waals surface area contributed by atoms with E-state index in [0.717, 1.165) is 36.4 Å². The fourth-order valence-electron chi connectivity index (χ4n) is 5.70. The molecule has 1 heterocycles. The Morgan fingerprint density at radius 3 is 1.56 bits per heavy atom. The molecule has 3 aromatic rings. The number of alkyl halides is 7. The van der Waals surface area contributed by atoms with Gasteiger partial charge in [-0.1, -0.05) is 64.5 Å². The average Bonchev–Trinajstić information content (AvgIpc) is 3.96. The molecule has 27 heteroatoms. The third-order valence-corrected chi connectivity index (χ3v) is 11.5. The van der Waals surface area contributed by atoms with Crippen LogP contribution in [0.2, 0.25) is 0 Å². The van der Waals surface area contributed by atoms with Gasteiger partial charge in [-0.2, -0.15) is 30.7 Å². The second kappa shape index (κ2) is 18.4. The molecule has 0 unspecified atom stereocenters. The summed E-state index contributed by atoms with van der Waals surface area (Å²) < 4.78 is 121. The number of nitrogens with zero attached hydrogens (tertiary/aromatic N) is 2. The lowest BCUT2D eigenvalue weighted by Crippen LogP contribution is -2.57. The monoisotopic (exact) mass is 976 g/mol. The molecule has 10 N–H and O–H groups in total. The summed E-state index contributed by atoms with van der Waals surface area (Å²) in [7, 11) is -11.9. The van der Waals surface area contributed by atoms with Crippen LogP contribution in [0.1, 0.15) is 46.2 Å². The lowest BCUT2D eigenvalue weighted by Gasteiger charge is -2.25. The van der Waals surface area contributed by atoms with Crippen LogP contribution in [-0.4, -0.2) is 72.7 Å². The van der Waals surface area contributed by atoms with Gasteiger partial charge in [0.1, 0.15) is 12.1 Å². The van der Waals surface area contributed by atoms with Crippen molar-refractivity contribution in [1.82, 2.24) is 16.0 Å². The van der Waals surface area contributed by atoms with Gasteiger partial charge in [0.2, 0.25) is 17.7 Å². The van der Waals surface area contributed by atoms with E-state index in [2.05, 4.69) is 42.1 Å². The van der Waals surface area contributed by atoms with Gasteiger partial charge in [-0.3, -0.25) is 28.3 Å². The highest BCUT2D eigenvalue weighted by atomic mass is 79.9. The summed E-state index contributed by atoms with van der Waals surface area (Å²) in [5.74, 6) is -4.86. The average molecular weight is 978 g/mol. The second-order valence-corrected chi connectivity index (χ2v) is 17.8. The van der Waals surface area contributed by atoms with E-state index in [1.54, 1.807) is 0 Å². The van der Waals surface area contributed by atoms with E-state index >= 15 is 0 Å². The Labute approximate surface area is 347 Å². The number of halogens is 8. The first-order chi connectivity index (χ1) is 28.0. The third kappa shape index (κ3) is 11.9. The van der Waals surface area contributed by atoms with Gasteiger partial charge in [0.25, 0.3) is 0 Å². The summed E-state index contributed by atoms with van der Waals surface area (Å²) in [5.41, 5.74) is -8.95. The van der Waals surface area contributed by atoms with Gasteiger partial charge in [0.05, 0.1) is 6.04 Å². The molecule has 3 aromatic carbocycles. The predicted octanol–water partition coefficient (Wildman–Crippen LogP) is 4.35. The van der Waals surface area contributed by atoms with Crippen molar-refractivity contribution in [3.05, 3.63) is 105 Å². The van der Waals surface area contributed by atoms with Crippen molar-refractivity contribution in [2.75, 3.05) is 0 Å². The number of primary amides is 1. The summed E-state index contributed by atoms with van der Waals surface area (Å²) in [4.78, 5) is 87.8. The third-order valence-electron chi connectivity index (χ3n) is 9.08. The topological polar surface area (TPSA) is 290 Å². The van der Waals surface area contributed by atoms with E-state index in [4.69, 9.17) is 25.3 Å². The van der Waals surface area contributed by atoms with Crippen molar-refractivity contribution in [2.45, 2.75) is 73.5 Å². The summed E-state index contributed by atoms with van der Waals surface area (Å²) in [6.45, 7) is -0.368. The van der Waals surface area contributed by atoms with Crippen LogP contribution >= 0.6 is 31.1 Å². The maximum Gasteiger partial charge on any atom is 0.442 e. The van der Waals surface area contributed by atoms with Crippen molar-refractivity contribution >= 4 is 54.8 Å². The van der Waals surface area contributed by atoms with Crippen LogP contribution in [0.5, 0.6) is 0 Å². The van der Waals surface area contributed by atoms with Crippen LogP contribution in [0.4, 0.5) is 30.7 Å². The molecule has 1 aliphatic heterocycles. The van der Waals surface area contributed by atoms with Crippen LogP contribution in [-0.2, 0) is 64.7 Å². The molecule has 17 nitrogen and oxygen atoms in total. The highest BCUT2D eigenvalue weighted by molar-refractivity contribution is 9.10. The van der Waals surface area contributed by atoms with Crippen LogP contribution in [0.3, 0.4) is 0 Å². The van der Waals surface area contributed by atoms with Crippen LogP contribution in [0.15, 0.2) is 81.4 Å². The lowest BCUT2D eigenvalue weighted by atomic mass is 9.99. The minimum atomic E-state index is -5.99. The van der Waals surface area contributed by atoms with Gasteiger partial charge in [-0.05, 0) is 41.3 Å². The summed E-state index contributed by atoms with van der Waals surface area (Å²) in [6.07, 6.45) is -7.12. The minimum absolute atomic E-state index is 0.0193. The summed E-state index contributed by atoms with van der Waals surface area (Å²) in [6, 6.07) is 5.00. The summed E-state index contributed by atoms with van der Waals surface area (Å²) >= 11 is 3.11. The highest BCUT2D eigenvalue weighted by Gasteiger charge is 2.65. The Morgan fingerprint density at radius 2 is 1.15 bits per heavy atom. The Hall–Kier alpha value is -4.61. The Bertz CT molecular complexity index is 2270. The van der Waals surface area contributed by atoms with Crippen molar-refractivity contribution in [2.24, 2.45) is 16.0 Å². The molecule has 0 spiro atoms. The molecule has 0 saturated carbocycles. The van der Waals surface area contributed by atoms with E-state index in [1.807, 2.05) is 0 Å².